The number of aromatic nitrogens is 2. The Morgan fingerprint density at radius 1 is 1.21 bits per heavy atom. The van der Waals surface area contributed by atoms with E-state index in [1.807, 2.05) is 19.9 Å². The van der Waals surface area contributed by atoms with Crippen LogP contribution in [0.2, 0.25) is 0 Å². The first-order valence-electron chi connectivity index (χ1n) is 7.05. The molecule has 3 nitrogen and oxygen atoms in total. The largest absolute Gasteiger partial charge is 0.368 e. The molecule has 3 rings (SSSR count). The van der Waals surface area contributed by atoms with Gasteiger partial charge >= 0.3 is 0 Å². The van der Waals surface area contributed by atoms with Crippen molar-refractivity contribution in [2.45, 2.75) is 34.6 Å². The van der Waals surface area contributed by atoms with Crippen molar-refractivity contribution in [3.8, 4) is 0 Å². The van der Waals surface area contributed by atoms with Gasteiger partial charge in [-0.25, -0.2) is 4.98 Å². The molecule has 2 aromatic rings. The number of nitrogens with one attached hydrogen (secondary N) is 2. The number of rotatable bonds is 0. The lowest BCUT2D eigenvalue weighted by molar-refractivity contribution is 0.737. The predicted octanol–water partition coefficient (Wildman–Crippen LogP) is 4.69. The van der Waals surface area contributed by atoms with Crippen LogP contribution in [0.3, 0.4) is 0 Å². The Balaban J connectivity index is 0.000000262. The Labute approximate surface area is 116 Å². The smallest absolute Gasteiger partial charge is 0.139 e. The number of H-pyrrole nitrogens is 1. The summed E-state index contributed by atoms with van der Waals surface area (Å²) in [5, 5.41) is 4.45. The van der Waals surface area contributed by atoms with Crippen LogP contribution >= 0.6 is 0 Å². The van der Waals surface area contributed by atoms with Crippen LogP contribution in [0, 0.1) is 5.92 Å². The molecular formula is C16H25N3. The maximum Gasteiger partial charge on any atom is 0.139 e. The van der Waals surface area contributed by atoms with Gasteiger partial charge in [0, 0.05) is 23.7 Å². The van der Waals surface area contributed by atoms with Gasteiger partial charge in [-0.15, -0.1) is 0 Å². The molecule has 0 aliphatic carbocycles. The summed E-state index contributed by atoms with van der Waals surface area (Å²) in [6.07, 6.45) is 6.04. The van der Waals surface area contributed by atoms with Crippen molar-refractivity contribution < 1.29 is 0 Å². The molecule has 0 unspecified atom stereocenters. The molecule has 0 radical (unpaired) electrons. The second kappa shape index (κ2) is 7.62. The van der Waals surface area contributed by atoms with Crippen LogP contribution in [0.4, 0.5) is 5.82 Å². The molecule has 0 fully saturated rings. The zero-order chi connectivity index (χ0) is 14.3. The van der Waals surface area contributed by atoms with Crippen LogP contribution in [0.1, 0.15) is 40.2 Å². The van der Waals surface area contributed by atoms with E-state index >= 15 is 0 Å². The molecule has 0 aromatic carbocycles. The lowest BCUT2D eigenvalue weighted by Crippen LogP contribution is -2.02. The van der Waals surface area contributed by atoms with Gasteiger partial charge in [0.1, 0.15) is 11.5 Å². The van der Waals surface area contributed by atoms with Gasteiger partial charge in [-0.2, -0.15) is 0 Å². The van der Waals surface area contributed by atoms with Crippen molar-refractivity contribution in [1.29, 1.82) is 0 Å². The number of aromatic amines is 1. The monoisotopic (exact) mass is 259 g/mol. The highest BCUT2D eigenvalue weighted by Gasteiger charge is 2.10. The van der Waals surface area contributed by atoms with E-state index in [4.69, 9.17) is 0 Å². The van der Waals surface area contributed by atoms with Crippen molar-refractivity contribution in [3.05, 3.63) is 30.0 Å². The van der Waals surface area contributed by atoms with Gasteiger partial charge in [0.2, 0.25) is 0 Å². The van der Waals surface area contributed by atoms with Crippen molar-refractivity contribution >= 4 is 22.9 Å². The highest BCUT2D eigenvalue weighted by molar-refractivity contribution is 5.93. The summed E-state index contributed by atoms with van der Waals surface area (Å²) in [7, 11) is 0. The molecule has 0 saturated heterocycles. The van der Waals surface area contributed by atoms with E-state index < -0.39 is 0 Å². The summed E-state index contributed by atoms with van der Waals surface area (Å²) >= 11 is 0. The molecule has 1 aliphatic rings. The lowest BCUT2D eigenvalue weighted by Gasteiger charge is -2.06. The zero-order valence-corrected chi connectivity index (χ0v) is 12.6. The molecular weight excluding hydrogens is 234 g/mol. The maximum atomic E-state index is 4.26. The van der Waals surface area contributed by atoms with Crippen molar-refractivity contribution in [1.82, 2.24) is 9.97 Å². The average molecular weight is 259 g/mol. The molecule has 0 saturated carbocycles. The van der Waals surface area contributed by atoms with Gasteiger partial charge in [0.25, 0.3) is 0 Å². The molecule has 0 spiro atoms. The standard InChI is InChI=1S/C10H9N3.C4H10.C2H6/c1-3-7-8-4-2-6-12-10(8)13-9(7)11-5-1;1-4(2)3;1-2/h1-5,12H,6H2,(H,11,13);4H,1-3H3;1-2H3. The summed E-state index contributed by atoms with van der Waals surface area (Å²) in [5.41, 5.74) is 2.17. The van der Waals surface area contributed by atoms with E-state index in [9.17, 15) is 0 Å². The van der Waals surface area contributed by atoms with Gasteiger partial charge in [0.05, 0.1) is 0 Å². The molecule has 19 heavy (non-hydrogen) atoms. The first-order valence-corrected chi connectivity index (χ1v) is 7.05. The van der Waals surface area contributed by atoms with E-state index in [0.29, 0.717) is 0 Å². The summed E-state index contributed by atoms with van der Waals surface area (Å²) in [6, 6.07) is 4.04. The molecule has 2 N–H and O–H groups in total. The molecule has 0 amide bonds. The Bertz CT molecular complexity index is 521. The van der Waals surface area contributed by atoms with Gasteiger partial charge in [-0.1, -0.05) is 46.8 Å². The number of anilines is 1. The fourth-order valence-electron chi connectivity index (χ4n) is 1.69. The Hall–Kier alpha value is -1.77. The zero-order valence-electron chi connectivity index (χ0n) is 12.6. The number of hydrogen-bond donors (Lipinski definition) is 2. The average Bonchev–Trinajstić information content (AvgIpc) is 2.79. The first-order chi connectivity index (χ1) is 9.18. The van der Waals surface area contributed by atoms with E-state index in [1.165, 1.54) is 10.9 Å². The second-order valence-corrected chi connectivity index (χ2v) is 4.83. The molecule has 104 valence electrons. The summed E-state index contributed by atoms with van der Waals surface area (Å²) < 4.78 is 0. The Morgan fingerprint density at radius 3 is 2.58 bits per heavy atom. The number of fused-ring (bicyclic) bond motifs is 3. The van der Waals surface area contributed by atoms with Crippen LogP contribution in [-0.4, -0.2) is 16.5 Å². The van der Waals surface area contributed by atoms with Crippen molar-refractivity contribution in [3.63, 3.8) is 0 Å². The summed E-state index contributed by atoms with van der Waals surface area (Å²) in [4.78, 5) is 7.50. The minimum Gasteiger partial charge on any atom is -0.368 e. The van der Waals surface area contributed by atoms with Gasteiger partial charge in [0.15, 0.2) is 0 Å². The number of hydrogen-bond acceptors (Lipinski definition) is 2. The topological polar surface area (TPSA) is 40.7 Å². The minimum atomic E-state index is 0.833. The third-order valence-electron chi connectivity index (χ3n) is 2.29. The van der Waals surface area contributed by atoms with Crippen LogP contribution in [-0.2, 0) is 0 Å². The Kier molecular flexibility index (Phi) is 6.13. The van der Waals surface area contributed by atoms with Crippen LogP contribution in [0.15, 0.2) is 24.4 Å². The summed E-state index contributed by atoms with van der Waals surface area (Å²) in [5.74, 6) is 1.91. The Morgan fingerprint density at radius 2 is 1.89 bits per heavy atom. The molecule has 3 heterocycles. The van der Waals surface area contributed by atoms with Gasteiger partial charge in [-0.05, 0) is 18.1 Å². The third-order valence-corrected chi connectivity index (χ3v) is 2.29. The van der Waals surface area contributed by atoms with Crippen LogP contribution < -0.4 is 5.32 Å². The van der Waals surface area contributed by atoms with E-state index in [1.54, 1.807) is 6.20 Å². The van der Waals surface area contributed by atoms with E-state index in [2.05, 4.69) is 54.3 Å². The molecule has 2 aromatic heterocycles. The van der Waals surface area contributed by atoms with Crippen molar-refractivity contribution in [2.24, 2.45) is 5.92 Å². The summed E-state index contributed by atoms with van der Waals surface area (Å²) in [6.45, 7) is 11.4. The quantitative estimate of drug-likeness (QED) is 0.720. The fourth-order valence-corrected chi connectivity index (χ4v) is 1.69. The lowest BCUT2D eigenvalue weighted by atomic mass is 10.1. The highest BCUT2D eigenvalue weighted by Crippen LogP contribution is 2.27. The van der Waals surface area contributed by atoms with Gasteiger partial charge in [-0.3, -0.25) is 0 Å². The normalized spacial score (nSPS) is 11.9. The van der Waals surface area contributed by atoms with Gasteiger partial charge < -0.3 is 10.3 Å². The number of pyridine rings is 1. The maximum absolute atomic E-state index is 4.26. The number of nitrogens with zero attached hydrogens (tertiary/aromatic N) is 1. The second-order valence-electron chi connectivity index (χ2n) is 4.83. The molecule has 1 aliphatic heterocycles. The molecule has 0 atom stereocenters. The first kappa shape index (κ1) is 15.3. The van der Waals surface area contributed by atoms with Crippen LogP contribution in [0.25, 0.3) is 17.1 Å². The minimum absolute atomic E-state index is 0.833. The third kappa shape index (κ3) is 4.12. The van der Waals surface area contributed by atoms with E-state index in [-0.39, 0.29) is 0 Å². The predicted molar refractivity (Wildman–Crippen MR) is 85.5 cm³/mol. The SMILES string of the molecule is C1=Cc2c([nH]c3ncccc23)NC1.CC.CC(C)C. The highest BCUT2D eigenvalue weighted by atomic mass is 15.0. The fraction of sp³-hybridized carbons (Fsp3) is 0.438. The molecule has 3 heteroatoms. The van der Waals surface area contributed by atoms with E-state index in [0.717, 1.165) is 23.9 Å². The van der Waals surface area contributed by atoms with Crippen LogP contribution in [0.5, 0.6) is 0 Å². The molecule has 0 bridgehead atoms. The van der Waals surface area contributed by atoms with Crippen molar-refractivity contribution in [2.75, 3.05) is 11.9 Å².